The first kappa shape index (κ1) is 27.9. The van der Waals surface area contributed by atoms with Gasteiger partial charge in [-0.25, -0.2) is 4.79 Å². The first-order chi connectivity index (χ1) is 18.7. The number of benzene rings is 3. The van der Waals surface area contributed by atoms with Crippen molar-refractivity contribution in [3.05, 3.63) is 81.8 Å². The van der Waals surface area contributed by atoms with Gasteiger partial charge < -0.3 is 19.9 Å². The highest BCUT2D eigenvalue weighted by Gasteiger charge is 2.21. The van der Waals surface area contributed by atoms with Gasteiger partial charge in [0.15, 0.2) is 0 Å². The van der Waals surface area contributed by atoms with Gasteiger partial charge in [0.25, 0.3) is 0 Å². The maximum atomic E-state index is 12.9. The zero-order valence-corrected chi connectivity index (χ0v) is 22.5. The lowest BCUT2D eigenvalue weighted by atomic mass is 10.1. The smallest absolute Gasteiger partial charge is 0.347 e. The Morgan fingerprint density at radius 1 is 0.974 bits per heavy atom. The first-order valence-corrected chi connectivity index (χ1v) is 12.8. The summed E-state index contributed by atoms with van der Waals surface area (Å²) in [4.78, 5) is 35.6. The molecule has 0 bridgehead atoms. The summed E-state index contributed by atoms with van der Waals surface area (Å²) in [5, 5.41) is 16.9. The topological polar surface area (TPSA) is 120 Å². The molecule has 9 nitrogen and oxygen atoms in total. The molecule has 0 fully saturated rings. The Balaban J connectivity index is 1.50. The number of aromatic nitrogens is 2. The van der Waals surface area contributed by atoms with Crippen LogP contribution in [-0.4, -0.2) is 39.8 Å². The molecular weight excluding hydrogens is 545 g/mol. The van der Waals surface area contributed by atoms with E-state index in [-0.39, 0.29) is 40.2 Å². The summed E-state index contributed by atoms with van der Waals surface area (Å²) in [6.07, 6.45) is 1.25. The minimum atomic E-state index is -0.870. The van der Waals surface area contributed by atoms with E-state index in [0.717, 1.165) is 5.56 Å². The van der Waals surface area contributed by atoms with Crippen molar-refractivity contribution < 1.29 is 29.0 Å². The van der Waals surface area contributed by atoms with E-state index in [4.69, 9.17) is 37.8 Å². The van der Waals surface area contributed by atoms with Gasteiger partial charge >= 0.3 is 11.9 Å². The maximum Gasteiger partial charge on any atom is 0.347 e. The number of halogens is 2. The van der Waals surface area contributed by atoms with Gasteiger partial charge in [0.2, 0.25) is 11.8 Å². The third-order valence-electron chi connectivity index (χ3n) is 5.89. The highest BCUT2D eigenvalue weighted by atomic mass is 35.5. The van der Waals surface area contributed by atoms with Gasteiger partial charge in [-0.3, -0.25) is 14.3 Å². The van der Waals surface area contributed by atoms with Crippen LogP contribution in [0, 0.1) is 0 Å². The molecule has 0 saturated heterocycles. The monoisotopic (exact) mass is 569 g/mol. The molecule has 4 aromatic rings. The van der Waals surface area contributed by atoms with Crippen LogP contribution in [0.25, 0.3) is 10.9 Å². The SMILES string of the molecule is COc1ccc2c(c1)c(OC(=O)c1c(Cl)cccc1Cl)nn2Cc1ccc(NC(=O)CCCCC(=O)O)cc1. The number of nitrogens with zero attached hydrogens (tertiary/aromatic N) is 2. The number of carboxylic acids is 1. The van der Waals surface area contributed by atoms with Crippen LogP contribution in [0.5, 0.6) is 11.6 Å². The molecule has 11 heteroatoms. The number of hydrogen-bond acceptors (Lipinski definition) is 6. The molecule has 0 saturated carbocycles. The van der Waals surface area contributed by atoms with Crippen molar-refractivity contribution in [2.75, 3.05) is 12.4 Å². The Morgan fingerprint density at radius 2 is 1.67 bits per heavy atom. The van der Waals surface area contributed by atoms with E-state index < -0.39 is 11.9 Å². The van der Waals surface area contributed by atoms with Crippen molar-refractivity contribution in [2.24, 2.45) is 0 Å². The highest BCUT2D eigenvalue weighted by Crippen LogP contribution is 2.32. The number of nitrogens with one attached hydrogen (secondary N) is 1. The molecule has 1 amide bonds. The normalized spacial score (nSPS) is 10.8. The molecule has 0 aliphatic rings. The number of amides is 1. The zero-order valence-electron chi connectivity index (χ0n) is 20.9. The minimum absolute atomic E-state index is 0.0472. The van der Waals surface area contributed by atoms with Crippen molar-refractivity contribution >= 4 is 57.6 Å². The van der Waals surface area contributed by atoms with Crippen LogP contribution < -0.4 is 14.8 Å². The fraction of sp³-hybridized carbons (Fsp3) is 0.214. The number of anilines is 1. The van der Waals surface area contributed by atoms with Crippen molar-refractivity contribution in [3.8, 4) is 11.6 Å². The summed E-state index contributed by atoms with van der Waals surface area (Å²) in [6, 6.07) is 17.3. The van der Waals surface area contributed by atoms with Crippen molar-refractivity contribution in [2.45, 2.75) is 32.2 Å². The molecular formula is C28H25Cl2N3O6. The minimum Gasteiger partial charge on any atom is -0.497 e. The van der Waals surface area contributed by atoms with E-state index in [2.05, 4.69) is 10.4 Å². The summed E-state index contributed by atoms with van der Waals surface area (Å²) in [5.74, 6) is -1.13. The number of hydrogen-bond donors (Lipinski definition) is 2. The number of methoxy groups -OCH3 is 1. The predicted octanol–water partition coefficient (Wildman–Crippen LogP) is 6.20. The first-order valence-electron chi connectivity index (χ1n) is 12.1. The Bertz CT molecular complexity index is 1500. The number of unbranched alkanes of at least 4 members (excludes halogenated alkanes) is 1. The Kier molecular flexibility index (Phi) is 9.06. The largest absolute Gasteiger partial charge is 0.497 e. The molecule has 0 unspecified atom stereocenters. The summed E-state index contributed by atoms with van der Waals surface area (Å²) in [5.41, 5.74) is 2.28. The van der Waals surface area contributed by atoms with E-state index in [9.17, 15) is 14.4 Å². The quantitative estimate of drug-likeness (QED) is 0.163. The van der Waals surface area contributed by atoms with Gasteiger partial charge in [0.1, 0.15) is 5.75 Å². The Morgan fingerprint density at radius 3 is 2.33 bits per heavy atom. The molecule has 1 heterocycles. The molecule has 202 valence electrons. The molecule has 4 rings (SSSR count). The number of rotatable bonds is 11. The lowest BCUT2D eigenvalue weighted by Crippen LogP contribution is -2.11. The number of ether oxygens (including phenoxy) is 2. The second-order valence-electron chi connectivity index (χ2n) is 8.68. The number of esters is 1. The van der Waals surface area contributed by atoms with E-state index >= 15 is 0 Å². The van der Waals surface area contributed by atoms with E-state index in [1.54, 1.807) is 47.1 Å². The molecule has 0 spiro atoms. The molecule has 0 aliphatic heterocycles. The average molecular weight is 570 g/mol. The van der Waals surface area contributed by atoms with Crippen LogP contribution in [0.4, 0.5) is 5.69 Å². The third-order valence-corrected chi connectivity index (χ3v) is 6.52. The summed E-state index contributed by atoms with van der Waals surface area (Å²) in [7, 11) is 1.54. The van der Waals surface area contributed by atoms with Crippen LogP contribution in [0.2, 0.25) is 10.0 Å². The van der Waals surface area contributed by atoms with Gasteiger partial charge in [-0.2, -0.15) is 0 Å². The predicted molar refractivity (Wildman–Crippen MR) is 148 cm³/mol. The van der Waals surface area contributed by atoms with Gasteiger partial charge in [-0.05, 0) is 60.9 Å². The van der Waals surface area contributed by atoms with Crippen molar-refractivity contribution in [1.29, 1.82) is 0 Å². The van der Waals surface area contributed by atoms with Gasteiger partial charge in [-0.1, -0.05) is 41.4 Å². The molecule has 3 aromatic carbocycles. The summed E-state index contributed by atoms with van der Waals surface area (Å²) >= 11 is 12.4. The van der Waals surface area contributed by atoms with Crippen molar-refractivity contribution in [3.63, 3.8) is 0 Å². The lowest BCUT2D eigenvalue weighted by Gasteiger charge is -2.08. The van der Waals surface area contributed by atoms with Crippen LogP contribution in [0.15, 0.2) is 60.7 Å². The van der Waals surface area contributed by atoms with E-state index in [1.807, 2.05) is 18.2 Å². The van der Waals surface area contributed by atoms with Gasteiger partial charge in [-0.15, -0.1) is 5.10 Å². The standard InChI is InChI=1S/C28H25Cl2N3O6/c1-38-19-13-14-23-20(15-19)27(39-28(37)26-21(29)5-4-6-22(26)30)32-33(23)16-17-9-11-18(12-10-17)31-24(34)7-2-3-8-25(35)36/h4-6,9-15H,2-3,7-8,16H2,1H3,(H,31,34)(H,35,36). The number of carbonyl (C=O) groups is 3. The second kappa shape index (κ2) is 12.6. The molecule has 39 heavy (non-hydrogen) atoms. The number of carbonyl (C=O) groups excluding carboxylic acids is 2. The summed E-state index contributed by atoms with van der Waals surface area (Å²) in [6.45, 7) is 0.358. The highest BCUT2D eigenvalue weighted by molar-refractivity contribution is 6.39. The Hall–Kier alpha value is -4.08. The molecule has 0 atom stereocenters. The van der Waals surface area contributed by atoms with E-state index in [0.29, 0.717) is 41.7 Å². The average Bonchev–Trinajstić information content (AvgIpc) is 3.23. The number of fused-ring (bicyclic) bond motifs is 1. The number of aliphatic carboxylic acids is 1. The van der Waals surface area contributed by atoms with E-state index in [1.165, 1.54) is 7.11 Å². The molecule has 2 N–H and O–H groups in total. The lowest BCUT2D eigenvalue weighted by molar-refractivity contribution is -0.137. The van der Waals surface area contributed by atoms with Crippen LogP contribution in [0.1, 0.15) is 41.6 Å². The fourth-order valence-corrected chi connectivity index (χ4v) is 4.49. The number of carboxylic acid groups (broad SMARTS) is 1. The second-order valence-corrected chi connectivity index (χ2v) is 9.49. The molecule has 1 aromatic heterocycles. The van der Waals surface area contributed by atoms with Crippen LogP contribution in [0.3, 0.4) is 0 Å². The molecule has 0 aliphatic carbocycles. The van der Waals surface area contributed by atoms with Gasteiger partial charge in [0, 0.05) is 18.5 Å². The molecule has 0 radical (unpaired) electrons. The maximum absolute atomic E-state index is 12.9. The van der Waals surface area contributed by atoms with Crippen LogP contribution >= 0.6 is 23.2 Å². The fourth-order valence-electron chi connectivity index (χ4n) is 3.94. The van der Waals surface area contributed by atoms with Crippen molar-refractivity contribution in [1.82, 2.24) is 9.78 Å². The Labute approximate surface area is 234 Å². The third kappa shape index (κ3) is 7.07. The van der Waals surface area contributed by atoms with Crippen LogP contribution in [-0.2, 0) is 16.1 Å². The van der Waals surface area contributed by atoms with Gasteiger partial charge in [0.05, 0.1) is 40.2 Å². The zero-order chi connectivity index (χ0) is 27.9. The summed E-state index contributed by atoms with van der Waals surface area (Å²) < 4.78 is 12.7.